The molecule has 0 bridgehead atoms. The highest BCUT2D eigenvalue weighted by atomic mass is 16.2. The number of amides is 1. The Bertz CT molecular complexity index is 272. The average molecular weight is 255 g/mol. The number of likely N-dealkylation sites (tertiary alicyclic amines) is 1. The van der Waals surface area contributed by atoms with Gasteiger partial charge in [-0.2, -0.15) is 0 Å². The number of carbonyl (C=O) groups is 1. The van der Waals surface area contributed by atoms with Gasteiger partial charge in [0.1, 0.15) is 0 Å². The lowest BCUT2D eigenvalue weighted by Crippen LogP contribution is -2.55. The summed E-state index contributed by atoms with van der Waals surface area (Å²) in [5.41, 5.74) is 0.239. The molecule has 1 amide bonds. The van der Waals surface area contributed by atoms with Crippen LogP contribution in [-0.4, -0.2) is 48.6 Å². The Morgan fingerprint density at radius 2 is 1.89 bits per heavy atom. The molecule has 0 aliphatic carbocycles. The second-order valence-corrected chi connectivity index (χ2v) is 5.84. The summed E-state index contributed by atoms with van der Waals surface area (Å²) >= 11 is 0. The zero-order valence-electron chi connectivity index (χ0n) is 12.5. The van der Waals surface area contributed by atoms with E-state index in [0.717, 1.165) is 32.4 Å². The molecule has 18 heavy (non-hydrogen) atoms. The minimum Gasteiger partial charge on any atom is -0.352 e. The summed E-state index contributed by atoms with van der Waals surface area (Å²) in [6.45, 7) is 10.4. The smallest absolute Gasteiger partial charge is 0.237 e. The maximum absolute atomic E-state index is 12.1. The van der Waals surface area contributed by atoms with Gasteiger partial charge in [0.05, 0.1) is 6.04 Å². The van der Waals surface area contributed by atoms with Crippen molar-refractivity contribution in [3.8, 4) is 0 Å². The van der Waals surface area contributed by atoms with Gasteiger partial charge in [0.25, 0.3) is 0 Å². The zero-order valence-corrected chi connectivity index (χ0v) is 12.5. The molecule has 2 unspecified atom stereocenters. The number of rotatable bonds is 5. The first kappa shape index (κ1) is 15.4. The summed E-state index contributed by atoms with van der Waals surface area (Å²) in [6, 6.07) is 0.257. The predicted octanol–water partition coefficient (Wildman–Crippen LogP) is 1.36. The van der Waals surface area contributed by atoms with E-state index in [1.807, 2.05) is 14.0 Å². The average Bonchev–Trinajstić information content (AvgIpc) is 2.38. The molecule has 1 aliphatic rings. The monoisotopic (exact) mass is 255 g/mol. The molecule has 0 aromatic carbocycles. The second-order valence-electron chi connectivity index (χ2n) is 5.84. The standard InChI is InChI=1S/C14H29N3O/c1-6-11(2)16-13(18)12(3)17-9-7-14(4,15-5)8-10-17/h11-12,15H,6-10H2,1-5H3,(H,16,18). The normalized spacial score (nSPS) is 23.4. The van der Waals surface area contributed by atoms with Crippen molar-refractivity contribution < 1.29 is 4.79 Å². The van der Waals surface area contributed by atoms with Crippen LogP contribution in [-0.2, 0) is 4.79 Å². The Hall–Kier alpha value is -0.610. The third-order valence-corrected chi connectivity index (χ3v) is 4.43. The fourth-order valence-electron chi connectivity index (χ4n) is 2.29. The summed E-state index contributed by atoms with van der Waals surface area (Å²) in [7, 11) is 2.02. The highest BCUT2D eigenvalue weighted by Gasteiger charge is 2.32. The van der Waals surface area contributed by atoms with Crippen molar-refractivity contribution in [2.75, 3.05) is 20.1 Å². The first-order valence-corrected chi connectivity index (χ1v) is 7.15. The van der Waals surface area contributed by atoms with Gasteiger partial charge in [-0.15, -0.1) is 0 Å². The van der Waals surface area contributed by atoms with Crippen molar-refractivity contribution in [3.63, 3.8) is 0 Å². The Morgan fingerprint density at radius 1 is 1.33 bits per heavy atom. The fraction of sp³-hybridized carbons (Fsp3) is 0.929. The molecule has 0 aromatic heterocycles. The van der Waals surface area contributed by atoms with Crippen molar-refractivity contribution in [1.29, 1.82) is 0 Å². The second kappa shape index (κ2) is 6.53. The van der Waals surface area contributed by atoms with Crippen LogP contribution < -0.4 is 10.6 Å². The van der Waals surface area contributed by atoms with Crippen LogP contribution in [0.2, 0.25) is 0 Å². The van der Waals surface area contributed by atoms with Crippen molar-refractivity contribution in [1.82, 2.24) is 15.5 Å². The third kappa shape index (κ3) is 3.95. The summed E-state index contributed by atoms with van der Waals surface area (Å²) in [5.74, 6) is 0.164. The summed E-state index contributed by atoms with van der Waals surface area (Å²) in [6.07, 6.45) is 3.19. The molecule has 0 spiro atoms. The molecule has 2 atom stereocenters. The van der Waals surface area contributed by atoms with Crippen LogP contribution in [0.5, 0.6) is 0 Å². The van der Waals surface area contributed by atoms with Gasteiger partial charge in [0, 0.05) is 24.7 Å². The Labute approximate surface area is 111 Å². The topological polar surface area (TPSA) is 44.4 Å². The van der Waals surface area contributed by atoms with Crippen molar-refractivity contribution in [2.45, 2.75) is 64.6 Å². The van der Waals surface area contributed by atoms with Gasteiger partial charge >= 0.3 is 0 Å². The molecule has 1 rings (SSSR count). The number of hydrogen-bond donors (Lipinski definition) is 2. The van der Waals surface area contributed by atoms with Gasteiger partial charge in [0.2, 0.25) is 5.91 Å². The first-order valence-electron chi connectivity index (χ1n) is 7.15. The fourth-order valence-corrected chi connectivity index (χ4v) is 2.29. The molecule has 4 heteroatoms. The Morgan fingerprint density at radius 3 is 2.33 bits per heavy atom. The molecule has 1 fully saturated rings. The SMILES string of the molecule is CCC(C)NC(=O)C(C)N1CCC(C)(NC)CC1. The number of nitrogens with zero attached hydrogens (tertiary/aromatic N) is 1. The van der Waals surface area contributed by atoms with E-state index in [4.69, 9.17) is 0 Å². The molecular formula is C14H29N3O. The first-order chi connectivity index (χ1) is 8.41. The van der Waals surface area contributed by atoms with Gasteiger partial charge in [-0.1, -0.05) is 6.92 Å². The van der Waals surface area contributed by atoms with E-state index in [-0.39, 0.29) is 23.5 Å². The largest absolute Gasteiger partial charge is 0.352 e. The highest BCUT2D eigenvalue weighted by molar-refractivity contribution is 5.81. The van der Waals surface area contributed by atoms with Crippen molar-refractivity contribution in [2.24, 2.45) is 0 Å². The summed E-state index contributed by atoms with van der Waals surface area (Å²) < 4.78 is 0. The van der Waals surface area contributed by atoms with Crippen LogP contribution in [0.25, 0.3) is 0 Å². The Kier molecular flexibility index (Phi) is 5.60. The molecule has 1 aliphatic heterocycles. The molecule has 0 saturated carbocycles. The van der Waals surface area contributed by atoms with Gasteiger partial charge in [-0.25, -0.2) is 0 Å². The number of carbonyl (C=O) groups excluding carboxylic acids is 1. The minimum atomic E-state index is -0.0135. The van der Waals surface area contributed by atoms with E-state index in [1.165, 1.54) is 0 Å². The number of nitrogens with one attached hydrogen (secondary N) is 2. The molecule has 106 valence electrons. The van der Waals surface area contributed by atoms with E-state index in [9.17, 15) is 4.79 Å². The van der Waals surface area contributed by atoms with E-state index >= 15 is 0 Å². The van der Waals surface area contributed by atoms with Crippen LogP contribution in [0.3, 0.4) is 0 Å². The van der Waals surface area contributed by atoms with Crippen LogP contribution >= 0.6 is 0 Å². The molecule has 1 heterocycles. The van der Waals surface area contributed by atoms with Crippen LogP contribution in [0.1, 0.15) is 47.0 Å². The lowest BCUT2D eigenvalue weighted by atomic mass is 9.89. The molecule has 0 aromatic rings. The highest BCUT2D eigenvalue weighted by Crippen LogP contribution is 2.22. The molecule has 1 saturated heterocycles. The van der Waals surface area contributed by atoms with Gasteiger partial charge < -0.3 is 10.6 Å². The van der Waals surface area contributed by atoms with Gasteiger partial charge in [-0.3, -0.25) is 9.69 Å². The molecule has 4 nitrogen and oxygen atoms in total. The molecular weight excluding hydrogens is 226 g/mol. The van der Waals surface area contributed by atoms with Crippen molar-refractivity contribution >= 4 is 5.91 Å². The van der Waals surface area contributed by atoms with Crippen molar-refractivity contribution in [3.05, 3.63) is 0 Å². The van der Waals surface area contributed by atoms with Crippen LogP contribution in [0.15, 0.2) is 0 Å². The van der Waals surface area contributed by atoms with Crippen LogP contribution in [0.4, 0.5) is 0 Å². The third-order valence-electron chi connectivity index (χ3n) is 4.43. The van der Waals surface area contributed by atoms with E-state index in [0.29, 0.717) is 0 Å². The lowest BCUT2D eigenvalue weighted by molar-refractivity contribution is -0.127. The van der Waals surface area contributed by atoms with E-state index < -0.39 is 0 Å². The minimum absolute atomic E-state index is 0.0135. The molecule has 2 N–H and O–H groups in total. The molecule has 0 radical (unpaired) electrons. The van der Waals surface area contributed by atoms with Gasteiger partial charge in [0.15, 0.2) is 0 Å². The number of piperidine rings is 1. The van der Waals surface area contributed by atoms with Gasteiger partial charge in [-0.05, 0) is 47.1 Å². The van der Waals surface area contributed by atoms with E-state index in [2.05, 4.69) is 36.3 Å². The summed E-state index contributed by atoms with van der Waals surface area (Å²) in [4.78, 5) is 14.4. The lowest BCUT2D eigenvalue weighted by Gasteiger charge is -2.41. The maximum Gasteiger partial charge on any atom is 0.237 e. The zero-order chi connectivity index (χ0) is 13.8. The maximum atomic E-state index is 12.1. The Balaban J connectivity index is 2.44. The number of hydrogen-bond acceptors (Lipinski definition) is 3. The quantitative estimate of drug-likeness (QED) is 0.780. The predicted molar refractivity (Wildman–Crippen MR) is 75.6 cm³/mol. The van der Waals surface area contributed by atoms with E-state index in [1.54, 1.807) is 0 Å². The summed E-state index contributed by atoms with van der Waals surface area (Å²) in [5, 5.41) is 6.45. The van der Waals surface area contributed by atoms with Crippen LogP contribution in [0, 0.1) is 0 Å².